The van der Waals surface area contributed by atoms with Gasteiger partial charge in [0.05, 0.1) is 5.60 Å². The summed E-state index contributed by atoms with van der Waals surface area (Å²) in [5, 5.41) is 0. The summed E-state index contributed by atoms with van der Waals surface area (Å²) in [7, 11) is 0. The SMILES string of the molecule is C=C(C)C(=O)OC12CC3CC(C1)CC(OC(C)C(=O)OC1CCCCC1CC)(C3)C2. The van der Waals surface area contributed by atoms with E-state index in [1.807, 2.05) is 6.92 Å². The van der Waals surface area contributed by atoms with Crippen molar-refractivity contribution in [2.75, 3.05) is 0 Å². The summed E-state index contributed by atoms with van der Waals surface area (Å²) in [5.74, 6) is 0.927. The third kappa shape index (κ3) is 4.32. The largest absolute Gasteiger partial charge is 0.460 e. The second kappa shape index (κ2) is 8.29. The maximum absolute atomic E-state index is 12.9. The first-order valence-corrected chi connectivity index (χ1v) is 12.0. The maximum Gasteiger partial charge on any atom is 0.335 e. The molecule has 5 heteroatoms. The zero-order chi connectivity index (χ0) is 21.5. The maximum atomic E-state index is 12.9. The number of hydrogen-bond donors (Lipinski definition) is 0. The topological polar surface area (TPSA) is 61.8 Å². The van der Waals surface area contributed by atoms with E-state index < -0.39 is 11.7 Å². The first-order valence-electron chi connectivity index (χ1n) is 12.0. The molecule has 5 rings (SSSR count). The average molecular weight is 419 g/mol. The molecule has 0 amide bonds. The van der Waals surface area contributed by atoms with Crippen molar-refractivity contribution in [1.82, 2.24) is 0 Å². The Morgan fingerprint density at radius 2 is 1.70 bits per heavy atom. The van der Waals surface area contributed by atoms with Crippen molar-refractivity contribution in [2.45, 2.75) is 115 Å². The Bertz CT molecular complexity index is 684. The second-order valence-electron chi connectivity index (χ2n) is 10.7. The fraction of sp³-hybridized carbons (Fsp3) is 0.840. The van der Waals surface area contributed by atoms with Gasteiger partial charge in [-0.05, 0) is 89.4 Å². The lowest BCUT2D eigenvalue weighted by Crippen LogP contribution is -2.62. The lowest BCUT2D eigenvalue weighted by Gasteiger charge is -2.61. The van der Waals surface area contributed by atoms with Gasteiger partial charge in [0.15, 0.2) is 6.10 Å². The number of carbonyl (C=O) groups is 2. The summed E-state index contributed by atoms with van der Waals surface area (Å²) in [6, 6.07) is 0. The van der Waals surface area contributed by atoms with Crippen molar-refractivity contribution in [3.63, 3.8) is 0 Å². The lowest BCUT2D eigenvalue weighted by molar-refractivity contribution is -0.245. The molecule has 0 radical (unpaired) electrons. The fourth-order valence-electron chi connectivity index (χ4n) is 7.10. The molecule has 30 heavy (non-hydrogen) atoms. The van der Waals surface area contributed by atoms with Gasteiger partial charge >= 0.3 is 11.9 Å². The van der Waals surface area contributed by atoms with E-state index in [9.17, 15) is 9.59 Å². The second-order valence-corrected chi connectivity index (χ2v) is 10.7. The monoisotopic (exact) mass is 418 g/mol. The first-order chi connectivity index (χ1) is 14.2. The first kappa shape index (κ1) is 21.9. The van der Waals surface area contributed by atoms with E-state index in [1.54, 1.807) is 6.92 Å². The smallest absolute Gasteiger partial charge is 0.335 e. The molecule has 0 heterocycles. The Hall–Kier alpha value is -1.36. The summed E-state index contributed by atoms with van der Waals surface area (Å²) in [6.07, 6.45) is 10.6. The van der Waals surface area contributed by atoms with Gasteiger partial charge in [0.1, 0.15) is 11.7 Å². The average Bonchev–Trinajstić information content (AvgIpc) is 2.66. The number of hydrogen-bond acceptors (Lipinski definition) is 5. The molecule has 5 nitrogen and oxygen atoms in total. The highest BCUT2D eigenvalue weighted by Gasteiger charge is 2.61. The number of esters is 2. The van der Waals surface area contributed by atoms with E-state index in [2.05, 4.69) is 13.5 Å². The number of rotatable bonds is 7. The van der Waals surface area contributed by atoms with Crippen LogP contribution in [0.5, 0.6) is 0 Å². The standard InChI is InChI=1S/C25H38O5/c1-5-20-8-6-7-9-21(20)28-23(27)17(4)29-24-11-18-10-19(12-24)14-25(13-18,15-24)30-22(26)16(2)3/h17-21H,2,5-15H2,1,3-4H3. The molecule has 0 spiro atoms. The zero-order valence-corrected chi connectivity index (χ0v) is 18.9. The third-order valence-electron chi connectivity index (χ3n) is 8.00. The van der Waals surface area contributed by atoms with Crippen LogP contribution in [0.3, 0.4) is 0 Å². The Balaban J connectivity index is 1.42. The summed E-state index contributed by atoms with van der Waals surface area (Å²) in [6.45, 7) is 9.45. The van der Waals surface area contributed by atoms with E-state index in [0.717, 1.165) is 51.4 Å². The van der Waals surface area contributed by atoms with E-state index in [0.29, 0.717) is 29.7 Å². The molecule has 0 N–H and O–H groups in total. The van der Waals surface area contributed by atoms with Crippen molar-refractivity contribution < 1.29 is 23.8 Å². The Morgan fingerprint density at radius 1 is 1.07 bits per heavy atom. The van der Waals surface area contributed by atoms with Gasteiger partial charge in [-0.15, -0.1) is 0 Å². The van der Waals surface area contributed by atoms with E-state index in [1.165, 1.54) is 12.8 Å². The van der Waals surface area contributed by atoms with Crippen molar-refractivity contribution in [3.05, 3.63) is 12.2 Å². The van der Waals surface area contributed by atoms with Crippen LogP contribution in [-0.2, 0) is 23.8 Å². The van der Waals surface area contributed by atoms with E-state index >= 15 is 0 Å². The Kier molecular flexibility index (Phi) is 6.04. The van der Waals surface area contributed by atoms with Crippen LogP contribution in [0, 0.1) is 17.8 Å². The highest BCUT2D eigenvalue weighted by molar-refractivity contribution is 5.87. The molecule has 0 aromatic rings. The van der Waals surface area contributed by atoms with Crippen LogP contribution in [0.25, 0.3) is 0 Å². The molecular formula is C25H38O5. The Morgan fingerprint density at radius 3 is 2.33 bits per heavy atom. The summed E-state index contributed by atoms with van der Waals surface area (Å²) < 4.78 is 18.4. The summed E-state index contributed by atoms with van der Waals surface area (Å²) >= 11 is 0. The minimum absolute atomic E-state index is 0.0292. The minimum Gasteiger partial charge on any atom is -0.460 e. The number of ether oxygens (including phenoxy) is 3. The van der Waals surface area contributed by atoms with Crippen molar-refractivity contribution in [1.29, 1.82) is 0 Å². The number of carbonyl (C=O) groups excluding carboxylic acids is 2. The Labute approximate surface area is 180 Å². The summed E-state index contributed by atoms with van der Waals surface area (Å²) in [5.41, 5.74) is -0.398. The highest BCUT2D eigenvalue weighted by Crippen LogP contribution is 2.60. The molecule has 0 aromatic heterocycles. The summed E-state index contributed by atoms with van der Waals surface area (Å²) in [4.78, 5) is 25.2. The van der Waals surface area contributed by atoms with Gasteiger partial charge in [-0.1, -0.05) is 19.9 Å². The van der Waals surface area contributed by atoms with Crippen LogP contribution in [0.4, 0.5) is 0 Å². The van der Waals surface area contributed by atoms with Gasteiger partial charge in [-0.25, -0.2) is 9.59 Å². The molecule has 0 saturated heterocycles. The molecule has 5 aliphatic carbocycles. The molecule has 168 valence electrons. The highest BCUT2D eigenvalue weighted by atomic mass is 16.6. The van der Waals surface area contributed by atoms with Gasteiger partial charge in [0.25, 0.3) is 0 Å². The zero-order valence-electron chi connectivity index (χ0n) is 18.9. The molecule has 5 aliphatic rings. The van der Waals surface area contributed by atoms with Crippen LogP contribution in [0.1, 0.15) is 91.4 Å². The predicted molar refractivity (Wildman–Crippen MR) is 114 cm³/mol. The lowest BCUT2D eigenvalue weighted by atomic mass is 9.52. The normalized spacial score (nSPS) is 40.6. The van der Waals surface area contributed by atoms with Gasteiger partial charge < -0.3 is 14.2 Å². The minimum atomic E-state index is -0.588. The van der Waals surface area contributed by atoms with Gasteiger partial charge in [-0.3, -0.25) is 0 Å². The van der Waals surface area contributed by atoms with Crippen molar-refractivity contribution >= 4 is 11.9 Å². The fourth-order valence-corrected chi connectivity index (χ4v) is 7.10. The van der Waals surface area contributed by atoms with Crippen LogP contribution in [0.2, 0.25) is 0 Å². The van der Waals surface area contributed by atoms with Gasteiger partial charge in [0.2, 0.25) is 0 Å². The van der Waals surface area contributed by atoms with Crippen LogP contribution >= 0.6 is 0 Å². The van der Waals surface area contributed by atoms with Gasteiger partial charge in [0, 0.05) is 12.0 Å². The van der Waals surface area contributed by atoms with Crippen LogP contribution in [0.15, 0.2) is 12.2 Å². The molecule has 0 aliphatic heterocycles. The van der Waals surface area contributed by atoms with E-state index in [4.69, 9.17) is 14.2 Å². The molecule has 5 unspecified atom stereocenters. The molecule has 0 aromatic carbocycles. The quantitative estimate of drug-likeness (QED) is 0.424. The molecule has 4 bridgehead atoms. The van der Waals surface area contributed by atoms with E-state index in [-0.39, 0.29) is 23.6 Å². The molecule has 5 atom stereocenters. The van der Waals surface area contributed by atoms with Crippen molar-refractivity contribution in [3.8, 4) is 0 Å². The van der Waals surface area contributed by atoms with Crippen molar-refractivity contribution in [2.24, 2.45) is 17.8 Å². The molecular weight excluding hydrogens is 380 g/mol. The van der Waals surface area contributed by atoms with Crippen LogP contribution < -0.4 is 0 Å². The molecule has 5 fully saturated rings. The van der Waals surface area contributed by atoms with Crippen LogP contribution in [-0.4, -0.2) is 35.3 Å². The third-order valence-corrected chi connectivity index (χ3v) is 8.00. The molecule has 5 saturated carbocycles. The predicted octanol–water partition coefficient (Wildman–Crippen LogP) is 5.11. The van der Waals surface area contributed by atoms with Gasteiger partial charge in [-0.2, -0.15) is 0 Å².